The number of carbonyl (C=O) groups excluding carboxylic acids is 1. The van der Waals surface area contributed by atoms with Gasteiger partial charge in [0, 0.05) is 12.5 Å². The van der Waals surface area contributed by atoms with Gasteiger partial charge in [-0.3, -0.25) is 4.79 Å². The third-order valence-corrected chi connectivity index (χ3v) is 6.32. The Morgan fingerprint density at radius 1 is 1.03 bits per heavy atom. The van der Waals surface area contributed by atoms with Crippen LogP contribution in [-0.4, -0.2) is 52.2 Å². The van der Waals surface area contributed by atoms with E-state index in [1.807, 2.05) is 0 Å². The molecule has 0 spiro atoms. The summed E-state index contributed by atoms with van der Waals surface area (Å²) in [5.41, 5.74) is 2.61. The number of halogens is 2. The number of anilines is 1. The first-order valence-corrected chi connectivity index (χ1v) is 10.5. The van der Waals surface area contributed by atoms with Crippen LogP contribution in [-0.2, 0) is 4.79 Å². The van der Waals surface area contributed by atoms with Crippen molar-refractivity contribution in [1.29, 1.82) is 0 Å². The smallest absolute Gasteiger partial charge is 0.282 e. The Morgan fingerprint density at radius 2 is 1.72 bits per heavy atom. The Morgan fingerprint density at radius 3 is 2.45 bits per heavy atom. The van der Waals surface area contributed by atoms with Gasteiger partial charge in [-0.2, -0.15) is 0 Å². The van der Waals surface area contributed by atoms with Crippen molar-refractivity contribution >= 4 is 11.6 Å². The van der Waals surface area contributed by atoms with Crippen LogP contribution in [0.4, 0.5) is 14.5 Å². The molecule has 0 bridgehead atoms. The number of rotatable bonds is 3. The topological polar surface area (TPSA) is 29.2 Å². The molecule has 2 aliphatic rings. The molecule has 4 rings (SSSR count). The first-order valence-electron chi connectivity index (χ1n) is 10.5. The molecule has 1 atom stereocenters. The lowest BCUT2D eigenvalue weighted by molar-refractivity contribution is -1.000. The largest absolute Gasteiger partial charge is 0.328 e. The number of benzene rings is 2. The predicted molar refractivity (Wildman–Crippen MR) is 108 cm³/mol. The second-order valence-electron chi connectivity index (χ2n) is 8.38. The van der Waals surface area contributed by atoms with Gasteiger partial charge in [-0.1, -0.05) is 18.2 Å². The van der Waals surface area contributed by atoms with Gasteiger partial charge in [0.05, 0.1) is 12.7 Å². The predicted octanol–water partition coefficient (Wildman–Crippen LogP) is 0.637. The van der Waals surface area contributed by atoms with Gasteiger partial charge in [0.15, 0.2) is 6.54 Å². The fourth-order valence-corrected chi connectivity index (χ4v) is 4.59. The molecule has 0 radical (unpaired) electrons. The van der Waals surface area contributed by atoms with Crippen molar-refractivity contribution in [3.63, 3.8) is 0 Å². The standard InChI is InChI=1S/C23H27F2N3O/c1-26-11-13-27(14-12-26)16-23(29)28-10-2-3-20(17-4-6-18(24)7-5-17)21-9-8-19(25)15-22(21)28/h4-9,15,20H,2-3,10-14,16H2,1H3/p+2. The Kier molecular flexibility index (Phi) is 5.92. The monoisotopic (exact) mass is 401 g/mol. The molecular formula is C23H29F2N3O+2. The van der Waals surface area contributed by atoms with Crippen molar-refractivity contribution in [2.45, 2.75) is 18.8 Å². The Hall–Kier alpha value is -2.31. The molecule has 2 N–H and O–H groups in total. The van der Waals surface area contributed by atoms with Crippen LogP contribution in [0.3, 0.4) is 0 Å². The van der Waals surface area contributed by atoms with Crippen molar-refractivity contribution in [3.8, 4) is 0 Å². The molecule has 0 aliphatic carbocycles. The molecule has 29 heavy (non-hydrogen) atoms. The summed E-state index contributed by atoms with van der Waals surface area (Å²) < 4.78 is 27.5. The van der Waals surface area contributed by atoms with Crippen LogP contribution in [0.15, 0.2) is 42.5 Å². The van der Waals surface area contributed by atoms with Crippen molar-refractivity contribution in [3.05, 3.63) is 65.2 Å². The maximum Gasteiger partial charge on any atom is 0.282 e. The van der Waals surface area contributed by atoms with Crippen LogP contribution in [0.5, 0.6) is 0 Å². The highest BCUT2D eigenvalue weighted by atomic mass is 19.1. The average Bonchev–Trinajstić information content (AvgIpc) is 2.90. The number of hydrogen-bond acceptors (Lipinski definition) is 1. The second-order valence-corrected chi connectivity index (χ2v) is 8.38. The summed E-state index contributed by atoms with van der Waals surface area (Å²) in [4.78, 5) is 17.8. The van der Waals surface area contributed by atoms with Gasteiger partial charge in [0.1, 0.15) is 37.8 Å². The highest BCUT2D eigenvalue weighted by Gasteiger charge is 2.31. The molecular weight excluding hydrogens is 372 g/mol. The van der Waals surface area contributed by atoms with Crippen LogP contribution in [0.2, 0.25) is 0 Å². The van der Waals surface area contributed by atoms with E-state index >= 15 is 0 Å². The summed E-state index contributed by atoms with van der Waals surface area (Å²) in [5, 5.41) is 0. The number of piperazine rings is 1. The van der Waals surface area contributed by atoms with Crippen molar-refractivity contribution in [1.82, 2.24) is 0 Å². The molecule has 1 unspecified atom stereocenters. The van der Waals surface area contributed by atoms with E-state index < -0.39 is 0 Å². The fraction of sp³-hybridized carbons (Fsp3) is 0.435. The van der Waals surface area contributed by atoms with E-state index in [-0.39, 0.29) is 23.5 Å². The summed E-state index contributed by atoms with van der Waals surface area (Å²) in [6.45, 7) is 5.15. The number of carbonyl (C=O) groups is 1. The third kappa shape index (κ3) is 4.49. The lowest BCUT2D eigenvalue weighted by atomic mass is 9.87. The number of hydrogen-bond donors (Lipinski definition) is 2. The summed E-state index contributed by atoms with van der Waals surface area (Å²) in [6.07, 6.45) is 1.67. The fourth-order valence-electron chi connectivity index (χ4n) is 4.59. The molecule has 154 valence electrons. The number of fused-ring (bicyclic) bond motifs is 1. The van der Waals surface area contributed by atoms with Crippen LogP contribution in [0.1, 0.15) is 29.9 Å². The first-order chi connectivity index (χ1) is 14.0. The minimum absolute atomic E-state index is 0.0311. The zero-order valence-corrected chi connectivity index (χ0v) is 16.9. The number of nitrogens with zero attached hydrogens (tertiary/aromatic N) is 1. The molecule has 1 fully saturated rings. The van der Waals surface area contributed by atoms with E-state index in [1.165, 1.54) is 34.1 Å². The zero-order chi connectivity index (χ0) is 20.4. The summed E-state index contributed by atoms with van der Waals surface area (Å²) in [7, 11) is 2.18. The lowest BCUT2D eigenvalue weighted by Crippen LogP contribution is -3.27. The molecule has 1 saturated heterocycles. The van der Waals surface area contributed by atoms with Crippen molar-refractivity contribution in [2.24, 2.45) is 0 Å². The van der Waals surface area contributed by atoms with E-state index in [4.69, 9.17) is 0 Å². The van der Waals surface area contributed by atoms with E-state index in [0.29, 0.717) is 18.8 Å². The van der Waals surface area contributed by atoms with Crippen molar-refractivity contribution in [2.75, 3.05) is 51.2 Å². The normalized spacial score (nSPS) is 24.7. The first kappa shape index (κ1) is 20.0. The number of quaternary nitrogens is 2. The quantitative estimate of drug-likeness (QED) is 0.777. The van der Waals surface area contributed by atoms with Gasteiger partial charge >= 0.3 is 0 Å². The van der Waals surface area contributed by atoms with Gasteiger partial charge in [0.2, 0.25) is 0 Å². The van der Waals surface area contributed by atoms with E-state index in [2.05, 4.69) is 7.05 Å². The summed E-state index contributed by atoms with van der Waals surface area (Å²) in [5.74, 6) is -0.512. The van der Waals surface area contributed by atoms with E-state index in [0.717, 1.165) is 50.1 Å². The van der Waals surface area contributed by atoms with Crippen LogP contribution in [0.25, 0.3) is 0 Å². The van der Waals surface area contributed by atoms with Gasteiger partial charge in [-0.15, -0.1) is 0 Å². The van der Waals surface area contributed by atoms with Gasteiger partial charge in [0.25, 0.3) is 5.91 Å². The molecule has 1 amide bonds. The van der Waals surface area contributed by atoms with Crippen molar-refractivity contribution < 1.29 is 23.4 Å². The number of nitrogens with one attached hydrogen (secondary N) is 2. The molecule has 4 nitrogen and oxygen atoms in total. The molecule has 0 aromatic heterocycles. The van der Waals surface area contributed by atoms with Crippen LogP contribution < -0.4 is 14.7 Å². The van der Waals surface area contributed by atoms with E-state index in [9.17, 15) is 13.6 Å². The Labute approximate surface area is 170 Å². The minimum Gasteiger partial charge on any atom is -0.328 e. The molecule has 2 aromatic rings. The maximum atomic E-state index is 14.2. The lowest BCUT2D eigenvalue weighted by Gasteiger charge is -2.29. The number of likely N-dealkylation sites (N-methyl/N-ethyl adjacent to an activating group) is 1. The minimum atomic E-state index is -0.336. The van der Waals surface area contributed by atoms with Crippen LogP contribution >= 0.6 is 0 Å². The highest BCUT2D eigenvalue weighted by molar-refractivity contribution is 5.95. The van der Waals surface area contributed by atoms with Crippen LogP contribution in [0, 0.1) is 11.6 Å². The maximum absolute atomic E-state index is 14.2. The Balaban J connectivity index is 1.61. The molecule has 2 aromatic carbocycles. The Bertz CT molecular complexity index is 863. The second kappa shape index (κ2) is 8.59. The van der Waals surface area contributed by atoms with Gasteiger partial charge in [-0.25, -0.2) is 8.78 Å². The van der Waals surface area contributed by atoms with Gasteiger partial charge in [-0.05, 0) is 48.2 Å². The zero-order valence-electron chi connectivity index (χ0n) is 16.9. The molecule has 2 heterocycles. The summed E-state index contributed by atoms with van der Waals surface area (Å²) in [6, 6.07) is 11.2. The highest BCUT2D eigenvalue weighted by Crippen LogP contribution is 2.39. The number of amides is 1. The molecule has 0 saturated carbocycles. The van der Waals surface area contributed by atoms with Gasteiger partial charge < -0.3 is 14.7 Å². The third-order valence-electron chi connectivity index (χ3n) is 6.32. The SMILES string of the molecule is C[NH+]1CC[NH+](CC(=O)N2CCCC(c3ccc(F)cc3)c3ccc(F)cc32)CC1. The molecule has 2 aliphatic heterocycles. The molecule has 6 heteroatoms. The van der Waals surface area contributed by atoms with E-state index in [1.54, 1.807) is 23.1 Å². The average molecular weight is 402 g/mol. The summed E-state index contributed by atoms with van der Waals surface area (Å²) >= 11 is 0.